The molecule has 1 saturated heterocycles. The molecule has 1 aliphatic heterocycles. The Labute approximate surface area is 96.2 Å². The normalized spacial score (nSPS) is 34.5. The lowest BCUT2D eigenvalue weighted by Gasteiger charge is -2.37. The fourth-order valence-corrected chi connectivity index (χ4v) is 1.47. The molecule has 0 spiro atoms. The lowest BCUT2D eigenvalue weighted by Crippen LogP contribution is -2.61. The molecule has 1 fully saturated rings. The molecular weight excluding hydrogens is 240 g/mol. The summed E-state index contributed by atoms with van der Waals surface area (Å²) in [6.45, 7) is -0.348. The Kier molecular flexibility index (Phi) is 4.36. The molecule has 0 unspecified atom stereocenters. The van der Waals surface area contributed by atoms with Crippen LogP contribution in [0.1, 0.15) is 6.92 Å². The quantitative estimate of drug-likeness (QED) is 0.479. The predicted octanol–water partition coefficient (Wildman–Crippen LogP) is -1.76. The molecule has 1 amide bonds. The summed E-state index contributed by atoms with van der Waals surface area (Å²) in [5, 5.41) is 29.7. The number of nitrogens with one attached hydrogen (secondary N) is 1. The van der Waals surface area contributed by atoms with Crippen molar-refractivity contribution >= 4 is 5.91 Å². The van der Waals surface area contributed by atoms with E-state index in [9.17, 15) is 23.8 Å². The summed E-state index contributed by atoms with van der Waals surface area (Å²) in [5.41, 5.74) is 0. The van der Waals surface area contributed by atoms with Crippen molar-refractivity contribution in [2.45, 2.75) is 37.2 Å². The number of ether oxygens (including phenoxy) is 1. The summed E-state index contributed by atoms with van der Waals surface area (Å²) < 4.78 is 30.1. The third-order valence-electron chi connectivity index (χ3n) is 2.53. The van der Waals surface area contributed by atoms with Gasteiger partial charge in [0.05, 0.1) is 19.3 Å². The summed E-state index contributed by atoms with van der Waals surface area (Å²) >= 11 is 0. The second-order valence-corrected chi connectivity index (χ2v) is 4.00. The van der Waals surface area contributed by atoms with Crippen molar-refractivity contribution < 1.29 is 33.6 Å². The largest absolute Gasteiger partial charge is 0.394 e. The van der Waals surface area contributed by atoms with Crippen LogP contribution < -0.4 is 5.32 Å². The van der Waals surface area contributed by atoms with E-state index in [-0.39, 0.29) is 6.61 Å². The van der Waals surface area contributed by atoms with Gasteiger partial charge in [0, 0.05) is 6.92 Å². The molecule has 1 aliphatic rings. The van der Waals surface area contributed by atoms with E-state index in [1.54, 1.807) is 0 Å². The molecule has 0 aromatic heterocycles. The predicted molar refractivity (Wildman–Crippen MR) is 51.4 cm³/mol. The van der Waals surface area contributed by atoms with Crippen LogP contribution in [0.3, 0.4) is 0 Å². The third kappa shape index (κ3) is 3.32. The van der Waals surface area contributed by atoms with Crippen LogP contribution in [-0.4, -0.2) is 64.7 Å². The van der Waals surface area contributed by atoms with Crippen molar-refractivity contribution in [3.63, 3.8) is 0 Å². The second-order valence-electron chi connectivity index (χ2n) is 4.00. The van der Waals surface area contributed by atoms with Crippen LogP contribution in [0.4, 0.5) is 8.78 Å². The Morgan fingerprint density at radius 1 is 1.47 bits per heavy atom. The van der Waals surface area contributed by atoms with E-state index in [4.69, 9.17) is 9.84 Å². The van der Waals surface area contributed by atoms with Crippen molar-refractivity contribution in [3.05, 3.63) is 0 Å². The lowest BCUT2D eigenvalue weighted by atomic mass is 9.98. The van der Waals surface area contributed by atoms with Gasteiger partial charge >= 0.3 is 5.92 Å². The molecule has 4 N–H and O–H groups in total. The minimum Gasteiger partial charge on any atom is -0.394 e. The highest BCUT2D eigenvalue weighted by Crippen LogP contribution is 2.17. The highest BCUT2D eigenvalue weighted by Gasteiger charge is 2.41. The first-order valence-corrected chi connectivity index (χ1v) is 5.04. The van der Waals surface area contributed by atoms with Gasteiger partial charge < -0.3 is 25.4 Å². The number of amides is 1. The minimum absolute atomic E-state index is 0.259. The van der Waals surface area contributed by atoms with Crippen molar-refractivity contribution in [3.8, 4) is 0 Å². The Morgan fingerprint density at radius 3 is 2.53 bits per heavy atom. The fraction of sp³-hybridized carbons (Fsp3) is 0.889. The molecule has 6 nitrogen and oxygen atoms in total. The van der Waals surface area contributed by atoms with Gasteiger partial charge in [-0.25, -0.2) is 0 Å². The molecule has 0 saturated carbocycles. The van der Waals surface area contributed by atoms with Crippen molar-refractivity contribution in [2.24, 2.45) is 0 Å². The maximum absolute atomic E-state index is 12.6. The minimum atomic E-state index is -3.57. The van der Waals surface area contributed by atoms with E-state index in [0.717, 1.165) is 0 Å². The number of aliphatic hydroxyl groups excluding tert-OH is 3. The zero-order valence-corrected chi connectivity index (χ0v) is 9.14. The Balaban J connectivity index is 2.60. The molecule has 1 rings (SSSR count). The Morgan fingerprint density at radius 2 is 2.06 bits per heavy atom. The first kappa shape index (κ1) is 14.2. The van der Waals surface area contributed by atoms with Crippen molar-refractivity contribution in [1.29, 1.82) is 0 Å². The highest BCUT2D eigenvalue weighted by molar-refractivity contribution is 5.83. The topological polar surface area (TPSA) is 99.0 Å². The van der Waals surface area contributed by atoms with E-state index in [2.05, 4.69) is 0 Å². The van der Waals surface area contributed by atoms with Gasteiger partial charge in [0.25, 0.3) is 5.91 Å². The van der Waals surface area contributed by atoms with Crippen LogP contribution in [0.15, 0.2) is 0 Å². The molecule has 0 aromatic rings. The molecule has 100 valence electrons. The average molecular weight is 255 g/mol. The van der Waals surface area contributed by atoms with Crippen LogP contribution in [0.2, 0.25) is 0 Å². The van der Waals surface area contributed by atoms with E-state index < -0.39 is 42.8 Å². The van der Waals surface area contributed by atoms with E-state index >= 15 is 0 Å². The second kappa shape index (κ2) is 5.21. The lowest BCUT2D eigenvalue weighted by molar-refractivity contribution is -0.170. The number of hydrogen-bond donors (Lipinski definition) is 4. The van der Waals surface area contributed by atoms with Crippen LogP contribution in [0.25, 0.3) is 0 Å². The van der Waals surface area contributed by atoms with Crippen LogP contribution in [-0.2, 0) is 9.53 Å². The number of halogens is 2. The van der Waals surface area contributed by atoms with Crippen molar-refractivity contribution in [1.82, 2.24) is 5.32 Å². The molecule has 0 radical (unpaired) electrons. The summed E-state index contributed by atoms with van der Waals surface area (Å²) in [6, 6.07) is -1.13. The monoisotopic (exact) mass is 255 g/mol. The van der Waals surface area contributed by atoms with E-state index in [1.165, 1.54) is 0 Å². The zero-order chi connectivity index (χ0) is 13.2. The molecule has 1 heterocycles. The fourth-order valence-electron chi connectivity index (χ4n) is 1.47. The molecule has 4 atom stereocenters. The number of aliphatic hydroxyl groups is 3. The van der Waals surface area contributed by atoms with Gasteiger partial charge in [-0.15, -0.1) is 0 Å². The van der Waals surface area contributed by atoms with Crippen molar-refractivity contribution in [2.75, 3.05) is 13.2 Å². The summed E-state index contributed by atoms with van der Waals surface area (Å²) in [4.78, 5) is 11.0. The first-order valence-electron chi connectivity index (χ1n) is 5.04. The summed E-state index contributed by atoms with van der Waals surface area (Å²) in [6.07, 6.45) is -3.89. The van der Waals surface area contributed by atoms with Crippen LogP contribution in [0.5, 0.6) is 0 Å². The SMILES string of the molecule is CC(F)(F)C(=O)N[C@H]1CO[C@H](CO)[C@H](O)[C@@H]1O. The summed E-state index contributed by atoms with van der Waals surface area (Å²) in [5.74, 6) is -5.13. The van der Waals surface area contributed by atoms with E-state index in [0.29, 0.717) is 6.92 Å². The molecule has 0 aromatic carbocycles. The Bertz CT molecular complexity index is 283. The van der Waals surface area contributed by atoms with Gasteiger partial charge in [-0.05, 0) is 0 Å². The molecule has 0 aliphatic carbocycles. The number of carbonyl (C=O) groups excluding carboxylic acids is 1. The van der Waals surface area contributed by atoms with Gasteiger partial charge in [-0.3, -0.25) is 4.79 Å². The van der Waals surface area contributed by atoms with Crippen LogP contribution >= 0.6 is 0 Å². The summed E-state index contributed by atoms with van der Waals surface area (Å²) in [7, 11) is 0. The average Bonchev–Trinajstić information content (AvgIpc) is 2.23. The molecule has 17 heavy (non-hydrogen) atoms. The number of carbonyl (C=O) groups is 1. The van der Waals surface area contributed by atoms with Gasteiger partial charge in [-0.2, -0.15) is 8.78 Å². The number of hydrogen-bond acceptors (Lipinski definition) is 5. The molecule has 8 heteroatoms. The molecular formula is C9H15F2NO5. The maximum Gasteiger partial charge on any atom is 0.321 e. The van der Waals surface area contributed by atoms with E-state index in [1.807, 2.05) is 5.32 Å². The third-order valence-corrected chi connectivity index (χ3v) is 2.53. The van der Waals surface area contributed by atoms with Crippen LogP contribution in [0, 0.1) is 0 Å². The Hall–Kier alpha value is -0.830. The van der Waals surface area contributed by atoms with Gasteiger partial charge in [0.15, 0.2) is 0 Å². The maximum atomic E-state index is 12.6. The standard InChI is InChI=1S/C9H15F2NO5/c1-9(10,11)8(16)12-4-3-17-5(2-13)7(15)6(4)14/h4-7,13-15H,2-3H2,1H3,(H,12,16)/t4-,5+,6+,7-/m0/s1. The highest BCUT2D eigenvalue weighted by atomic mass is 19.3. The zero-order valence-electron chi connectivity index (χ0n) is 9.14. The van der Waals surface area contributed by atoms with Gasteiger partial charge in [0.2, 0.25) is 0 Å². The van der Waals surface area contributed by atoms with Gasteiger partial charge in [0.1, 0.15) is 18.3 Å². The first-order chi connectivity index (χ1) is 7.77. The number of alkyl halides is 2. The smallest absolute Gasteiger partial charge is 0.321 e. The molecule has 0 bridgehead atoms. The van der Waals surface area contributed by atoms with Gasteiger partial charge in [-0.1, -0.05) is 0 Å². The number of rotatable bonds is 3.